The van der Waals surface area contributed by atoms with Gasteiger partial charge in [-0.2, -0.15) is 9.97 Å². The molecule has 5 N–H and O–H groups in total. The predicted molar refractivity (Wildman–Crippen MR) is 212 cm³/mol. The normalized spacial score (nSPS) is 21.6. The van der Waals surface area contributed by atoms with Crippen molar-refractivity contribution >= 4 is 76.3 Å². The average Bonchev–Trinajstić information content (AvgIpc) is 3.20. The zero-order valence-electron chi connectivity index (χ0n) is 30.6. The summed E-state index contributed by atoms with van der Waals surface area (Å²) in [4.78, 5) is 57.1. The van der Waals surface area contributed by atoms with Gasteiger partial charge in [-0.05, 0) is 75.6 Å². The first-order valence-corrected chi connectivity index (χ1v) is 19.2. The minimum Gasteiger partial charge on any atom is -0.438 e. The molecule has 0 unspecified atom stereocenters. The second-order valence-corrected chi connectivity index (χ2v) is 14.7. The largest absolute Gasteiger partial charge is 0.508 e. The lowest BCUT2D eigenvalue weighted by Crippen LogP contribution is -2.39. The number of amides is 4. The third kappa shape index (κ3) is 9.32. The fourth-order valence-corrected chi connectivity index (χ4v) is 7.52. The zero-order valence-corrected chi connectivity index (χ0v) is 32.1. The van der Waals surface area contributed by atoms with E-state index in [1.807, 2.05) is 24.3 Å². The van der Waals surface area contributed by atoms with E-state index in [9.17, 15) is 19.5 Å². The number of para-hydroxylation sites is 2. The topological polar surface area (TPSA) is 196 Å². The lowest BCUT2D eigenvalue weighted by atomic mass is 9.93. The number of aliphatic hydroxyl groups is 1. The molecule has 0 radical (unpaired) electrons. The highest BCUT2D eigenvalue weighted by Crippen LogP contribution is 2.33. The average molecular weight is 806 g/mol. The van der Waals surface area contributed by atoms with Crippen molar-refractivity contribution in [3.05, 3.63) is 82.1 Å². The molecule has 4 amide bonds. The molecule has 4 aromatic rings. The number of aromatic nitrogens is 4. The number of rotatable bonds is 7. The molecule has 8 rings (SSSR count). The van der Waals surface area contributed by atoms with Gasteiger partial charge in [0.15, 0.2) is 0 Å². The number of nitrogens with one attached hydrogen (secondary N) is 4. The number of ether oxygens (including phenoxy) is 2. The van der Waals surface area contributed by atoms with Gasteiger partial charge in [-0.15, -0.1) is 0 Å². The number of halogens is 2. The molecule has 2 aromatic carbocycles. The number of methoxy groups -OCH3 is 1. The molecule has 16 nitrogen and oxygen atoms in total. The Morgan fingerprint density at radius 1 is 0.732 bits per heavy atom. The van der Waals surface area contributed by atoms with Crippen LogP contribution in [0.2, 0.25) is 10.0 Å². The number of carbonyl (C=O) groups excluding carboxylic acids is 3. The molecule has 2 fully saturated rings. The van der Waals surface area contributed by atoms with E-state index in [4.69, 9.17) is 27.9 Å². The molecule has 2 aliphatic heterocycles. The smallest absolute Gasteiger partial charge is 0.438 e. The van der Waals surface area contributed by atoms with Crippen LogP contribution in [-0.2, 0) is 22.6 Å². The van der Waals surface area contributed by atoms with E-state index in [0.29, 0.717) is 58.0 Å². The van der Waals surface area contributed by atoms with Crippen molar-refractivity contribution in [1.82, 2.24) is 19.9 Å². The van der Waals surface area contributed by atoms with E-state index in [2.05, 4.69) is 45.9 Å². The van der Waals surface area contributed by atoms with Crippen LogP contribution in [0.4, 0.5) is 49.3 Å². The van der Waals surface area contributed by atoms with Crippen molar-refractivity contribution in [3.8, 4) is 0 Å². The molecule has 18 heteroatoms. The lowest BCUT2D eigenvalue weighted by molar-refractivity contribution is 0.0218. The summed E-state index contributed by atoms with van der Waals surface area (Å²) in [6.07, 6.45) is 8.90. The van der Waals surface area contributed by atoms with Crippen LogP contribution in [0.5, 0.6) is 0 Å². The van der Waals surface area contributed by atoms with Crippen LogP contribution < -0.4 is 31.1 Å². The van der Waals surface area contributed by atoms with E-state index in [0.717, 1.165) is 62.5 Å². The van der Waals surface area contributed by atoms with Gasteiger partial charge in [-0.1, -0.05) is 47.5 Å². The summed E-state index contributed by atoms with van der Waals surface area (Å²) in [6, 6.07) is 14.3. The number of nitrogens with zero attached hydrogens (tertiary/aromatic N) is 6. The highest BCUT2D eigenvalue weighted by Gasteiger charge is 2.30. The van der Waals surface area contributed by atoms with Gasteiger partial charge < -0.3 is 25.2 Å². The minimum absolute atomic E-state index is 0.130. The third-order valence-electron chi connectivity index (χ3n) is 10.1. The molecular formula is C38H42Cl2N10O6. The van der Waals surface area contributed by atoms with Crippen molar-refractivity contribution in [2.45, 2.75) is 88.7 Å². The number of benzene rings is 2. The van der Waals surface area contributed by atoms with Gasteiger partial charge in [0.1, 0.15) is 17.7 Å². The lowest BCUT2D eigenvalue weighted by Gasteiger charge is -2.30. The quantitative estimate of drug-likeness (QED) is 0.115. The summed E-state index contributed by atoms with van der Waals surface area (Å²) < 4.78 is 9.74. The van der Waals surface area contributed by atoms with Gasteiger partial charge in [0.05, 0.1) is 47.7 Å². The van der Waals surface area contributed by atoms with Gasteiger partial charge in [-0.3, -0.25) is 20.4 Å². The van der Waals surface area contributed by atoms with Crippen molar-refractivity contribution in [3.63, 3.8) is 0 Å². The number of urea groups is 2. The van der Waals surface area contributed by atoms with Crippen molar-refractivity contribution in [1.29, 1.82) is 0 Å². The van der Waals surface area contributed by atoms with Gasteiger partial charge in [-0.25, -0.2) is 24.4 Å². The van der Waals surface area contributed by atoms with E-state index in [-0.39, 0.29) is 36.4 Å². The van der Waals surface area contributed by atoms with Gasteiger partial charge >= 0.3 is 18.2 Å². The number of carbonyl (C=O) groups is 3. The van der Waals surface area contributed by atoms with Crippen molar-refractivity contribution < 1.29 is 29.0 Å². The molecule has 4 aliphatic rings. The van der Waals surface area contributed by atoms with Crippen LogP contribution in [0, 0.1) is 0 Å². The highest BCUT2D eigenvalue weighted by atomic mass is 35.5. The Morgan fingerprint density at radius 3 is 1.62 bits per heavy atom. The zero-order chi connectivity index (χ0) is 39.2. The first-order chi connectivity index (χ1) is 27.1. The van der Waals surface area contributed by atoms with E-state index >= 15 is 0 Å². The summed E-state index contributed by atoms with van der Waals surface area (Å²) in [5, 5.41) is 22.9. The second-order valence-electron chi connectivity index (χ2n) is 13.9. The Kier molecular flexibility index (Phi) is 12.2. The Hall–Kier alpha value is -5.45. The van der Waals surface area contributed by atoms with E-state index in [1.54, 1.807) is 46.5 Å². The van der Waals surface area contributed by atoms with Crippen LogP contribution in [0.25, 0.3) is 0 Å². The van der Waals surface area contributed by atoms with Gasteiger partial charge in [0.2, 0.25) is 11.9 Å². The molecule has 56 heavy (non-hydrogen) atoms. The fourth-order valence-electron chi connectivity index (χ4n) is 7.05. The van der Waals surface area contributed by atoms with Crippen LogP contribution in [0.1, 0.15) is 62.5 Å². The monoisotopic (exact) mass is 804 g/mol. The summed E-state index contributed by atoms with van der Waals surface area (Å²) in [7, 11) is 1.30. The van der Waals surface area contributed by atoms with E-state index < -0.39 is 6.16 Å². The molecule has 2 saturated carbocycles. The second kappa shape index (κ2) is 17.6. The van der Waals surface area contributed by atoms with Crippen LogP contribution in [-0.4, -0.2) is 74.7 Å². The predicted octanol–water partition coefficient (Wildman–Crippen LogP) is 7.59. The minimum atomic E-state index is -0.647. The van der Waals surface area contributed by atoms with Gasteiger partial charge in [0.25, 0.3) is 0 Å². The molecular weight excluding hydrogens is 763 g/mol. The molecule has 294 valence electrons. The van der Waals surface area contributed by atoms with Crippen molar-refractivity contribution in [2.75, 3.05) is 38.2 Å². The van der Waals surface area contributed by atoms with E-state index in [1.165, 1.54) is 7.11 Å². The number of hydrogen-bond donors (Lipinski definition) is 5. The highest BCUT2D eigenvalue weighted by molar-refractivity contribution is 6.34. The molecule has 0 bridgehead atoms. The SMILES string of the molecule is COC(=O)OC1CCC(Nc2ncc3c(n2)NC(=O)N(c2ccccc2Cl)C3)CC1.O=C1Nc2nc(NC3CCC(O)CC3)ncc2CN1c1ccccc1Cl. The Bertz CT molecular complexity index is 2060. The van der Waals surface area contributed by atoms with Crippen LogP contribution in [0.3, 0.4) is 0 Å². The summed E-state index contributed by atoms with van der Waals surface area (Å²) in [6.45, 7) is 0.696. The maximum atomic E-state index is 12.6. The maximum Gasteiger partial charge on any atom is 0.508 e. The first-order valence-electron chi connectivity index (χ1n) is 18.5. The van der Waals surface area contributed by atoms with Crippen molar-refractivity contribution in [2.24, 2.45) is 0 Å². The Labute approximate surface area is 333 Å². The molecule has 0 spiro atoms. The number of fused-ring (bicyclic) bond motifs is 2. The number of hydrogen-bond acceptors (Lipinski definition) is 12. The molecule has 0 atom stereocenters. The summed E-state index contributed by atoms with van der Waals surface area (Å²) >= 11 is 12.4. The fraction of sp³-hybridized carbons (Fsp3) is 0.395. The molecule has 0 saturated heterocycles. The third-order valence-corrected chi connectivity index (χ3v) is 10.7. The maximum absolute atomic E-state index is 12.6. The molecule has 2 aliphatic carbocycles. The Balaban J connectivity index is 0.000000173. The Morgan fingerprint density at radius 2 is 1.18 bits per heavy atom. The molecule has 2 aromatic heterocycles. The van der Waals surface area contributed by atoms with Crippen LogP contribution in [0.15, 0.2) is 60.9 Å². The first kappa shape index (κ1) is 38.8. The summed E-state index contributed by atoms with van der Waals surface area (Å²) in [5.41, 5.74) is 2.92. The van der Waals surface area contributed by atoms with Gasteiger partial charge in [0, 0.05) is 35.6 Å². The number of anilines is 6. The summed E-state index contributed by atoms with van der Waals surface area (Å²) in [5.74, 6) is 1.96. The van der Waals surface area contributed by atoms with Crippen LogP contribution >= 0.6 is 23.2 Å². The number of aliphatic hydroxyl groups excluding tert-OH is 1. The standard InChI is InChI=1S/C20H22ClN5O4.C18H20ClN5O2/c1-29-20(28)30-14-8-6-13(7-9-14)23-18-22-10-12-11-26(19(27)25-17(12)24-18)16-5-3-2-4-15(16)21;19-14-3-1-2-4-15(14)24-10-11-9-20-17(22-16(11)23-18(24)26)21-12-5-7-13(25)8-6-12/h2-5,10,13-14H,6-9,11H2,1H3,(H2,22,23,24,25,27);1-4,9,12-13,25H,5-8,10H2,(H2,20,21,22,23,26). The molecule has 4 heterocycles.